The number of carbonyl (C=O) groups excluding carboxylic acids is 2. The van der Waals surface area contributed by atoms with Crippen LogP contribution in [0.25, 0.3) is 5.76 Å². The van der Waals surface area contributed by atoms with E-state index >= 15 is 0 Å². The lowest BCUT2D eigenvalue weighted by Crippen LogP contribution is -2.31. The molecule has 1 amide bonds. The summed E-state index contributed by atoms with van der Waals surface area (Å²) >= 11 is 0. The number of Topliss-reactive ketones (excluding diaryl/α,β-unsaturated/α-hetero) is 1. The van der Waals surface area contributed by atoms with E-state index in [2.05, 4.69) is 0 Å². The van der Waals surface area contributed by atoms with Gasteiger partial charge in [0.15, 0.2) is 11.5 Å². The highest BCUT2D eigenvalue weighted by molar-refractivity contribution is 6.46. The minimum Gasteiger partial charge on any atom is -0.507 e. The fourth-order valence-corrected chi connectivity index (χ4v) is 4.68. The largest absolute Gasteiger partial charge is 0.507 e. The molecule has 0 spiro atoms. The van der Waals surface area contributed by atoms with Crippen molar-refractivity contribution in [3.8, 4) is 11.5 Å². The lowest BCUT2D eigenvalue weighted by Gasteiger charge is -2.26. The molecule has 1 heterocycles. The first-order valence-electron chi connectivity index (χ1n) is 12.5. The van der Waals surface area contributed by atoms with Gasteiger partial charge in [-0.2, -0.15) is 0 Å². The van der Waals surface area contributed by atoms with E-state index in [0.29, 0.717) is 48.8 Å². The summed E-state index contributed by atoms with van der Waals surface area (Å²) in [6, 6.07) is 20.0. The molecule has 38 heavy (non-hydrogen) atoms. The number of rotatable bonds is 10. The van der Waals surface area contributed by atoms with Crippen LogP contribution in [0.3, 0.4) is 0 Å². The lowest BCUT2D eigenvalue weighted by molar-refractivity contribution is -0.140. The third kappa shape index (κ3) is 5.58. The van der Waals surface area contributed by atoms with Gasteiger partial charge in [-0.05, 0) is 55.2 Å². The van der Waals surface area contributed by atoms with Crippen LogP contribution in [0.5, 0.6) is 11.5 Å². The van der Waals surface area contributed by atoms with Crippen LogP contribution in [0.1, 0.15) is 40.3 Å². The number of carbonyl (C=O) groups is 2. The molecule has 1 aliphatic heterocycles. The van der Waals surface area contributed by atoms with Crippen molar-refractivity contribution in [3.05, 3.63) is 100 Å². The number of benzene rings is 3. The number of amides is 1. The molecule has 1 atom stereocenters. The maximum atomic E-state index is 13.3. The van der Waals surface area contributed by atoms with E-state index in [1.54, 1.807) is 32.4 Å². The summed E-state index contributed by atoms with van der Waals surface area (Å²) < 4.78 is 16.8. The van der Waals surface area contributed by atoms with Crippen LogP contribution in [0.4, 0.5) is 0 Å². The van der Waals surface area contributed by atoms with Gasteiger partial charge < -0.3 is 24.2 Å². The molecule has 1 saturated heterocycles. The Bertz CT molecular complexity index is 1350. The van der Waals surface area contributed by atoms with Crippen molar-refractivity contribution in [2.24, 2.45) is 0 Å². The number of aliphatic hydroxyl groups excluding tert-OH is 1. The molecule has 0 aliphatic carbocycles. The van der Waals surface area contributed by atoms with E-state index in [0.717, 1.165) is 16.7 Å². The smallest absolute Gasteiger partial charge is 0.295 e. The molecule has 1 aliphatic rings. The van der Waals surface area contributed by atoms with Gasteiger partial charge in [-0.15, -0.1) is 0 Å². The van der Waals surface area contributed by atoms with Crippen LogP contribution < -0.4 is 9.47 Å². The van der Waals surface area contributed by atoms with E-state index < -0.39 is 17.7 Å². The molecule has 3 aromatic carbocycles. The molecule has 0 aromatic heterocycles. The fourth-order valence-electron chi connectivity index (χ4n) is 4.68. The second kappa shape index (κ2) is 12.0. The number of likely N-dealkylation sites (tertiary alicyclic amines) is 1. The number of hydrogen-bond acceptors (Lipinski definition) is 6. The van der Waals surface area contributed by atoms with Gasteiger partial charge in [0.2, 0.25) is 0 Å². The molecule has 198 valence electrons. The summed E-state index contributed by atoms with van der Waals surface area (Å²) in [5.41, 5.74) is 3.97. The Morgan fingerprint density at radius 2 is 1.71 bits per heavy atom. The van der Waals surface area contributed by atoms with Gasteiger partial charge in [0.1, 0.15) is 12.4 Å². The van der Waals surface area contributed by atoms with Crippen LogP contribution in [0, 0.1) is 13.8 Å². The van der Waals surface area contributed by atoms with Crippen LogP contribution in [0.15, 0.2) is 72.3 Å². The highest BCUT2D eigenvalue weighted by Crippen LogP contribution is 2.42. The van der Waals surface area contributed by atoms with Crippen molar-refractivity contribution in [2.45, 2.75) is 32.9 Å². The number of methoxy groups -OCH3 is 2. The third-order valence-corrected chi connectivity index (χ3v) is 6.68. The van der Waals surface area contributed by atoms with Crippen molar-refractivity contribution in [1.29, 1.82) is 0 Å². The van der Waals surface area contributed by atoms with Crippen LogP contribution >= 0.6 is 0 Å². The molecular formula is C31H33NO6. The number of ketones is 1. The van der Waals surface area contributed by atoms with Gasteiger partial charge in [-0.3, -0.25) is 9.59 Å². The van der Waals surface area contributed by atoms with Crippen molar-refractivity contribution >= 4 is 17.4 Å². The number of nitrogens with zero attached hydrogens (tertiary/aromatic N) is 1. The standard InChI is InChI=1S/C31H33NO6/c1-20-11-12-21(2)24(17-20)29(33)27-28(32(15-8-16-36-3)31(35)30(27)34)23-13-14-25(26(18-23)37-4)38-19-22-9-6-5-7-10-22/h5-7,9-14,17-18,28,33H,8,15-16,19H2,1-4H3. The highest BCUT2D eigenvalue weighted by Gasteiger charge is 2.46. The summed E-state index contributed by atoms with van der Waals surface area (Å²) in [6.45, 7) is 4.86. The molecule has 4 rings (SSSR count). The number of aliphatic hydroxyl groups is 1. The van der Waals surface area contributed by atoms with Crippen molar-refractivity contribution in [1.82, 2.24) is 4.90 Å². The van der Waals surface area contributed by atoms with Gasteiger partial charge in [0.25, 0.3) is 11.7 Å². The number of hydrogen-bond donors (Lipinski definition) is 1. The molecule has 7 heteroatoms. The monoisotopic (exact) mass is 515 g/mol. The summed E-state index contributed by atoms with van der Waals surface area (Å²) in [5, 5.41) is 11.4. The van der Waals surface area contributed by atoms with E-state index in [1.165, 1.54) is 4.90 Å². The topological polar surface area (TPSA) is 85.3 Å². The maximum Gasteiger partial charge on any atom is 0.295 e. The number of ether oxygens (including phenoxy) is 3. The second-order valence-corrected chi connectivity index (χ2v) is 9.34. The fraction of sp³-hybridized carbons (Fsp3) is 0.290. The van der Waals surface area contributed by atoms with Crippen molar-refractivity contribution in [3.63, 3.8) is 0 Å². The Kier molecular flexibility index (Phi) is 8.48. The van der Waals surface area contributed by atoms with Gasteiger partial charge in [-0.25, -0.2) is 0 Å². The Balaban J connectivity index is 1.77. The van der Waals surface area contributed by atoms with Crippen LogP contribution in [-0.2, 0) is 20.9 Å². The highest BCUT2D eigenvalue weighted by atomic mass is 16.5. The second-order valence-electron chi connectivity index (χ2n) is 9.34. The van der Waals surface area contributed by atoms with Gasteiger partial charge in [0, 0.05) is 25.8 Å². The minimum absolute atomic E-state index is 0.0566. The average molecular weight is 516 g/mol. The number of aryl methyl sites for hydroxylation is 2. The molecule has 3 aromatic rings. The molecule has 1 unspecified atom stereocenters. The molecule has 0 radical (unpaired) electrons. The first-order valence-corrected chi connectivity index (χ1v) is 12.5. The van der Waals surface area contributed by atoms with Gasteiger partial charge in [0.05, 0.1) is 18.7 Å². The Labute approximate surface area is 223 Å². The van der Waals surface area contributed by atoms with E-state index in [1.807, 2.05) is 62.4 Å². The zero-order valence-electron chi connectivity index (χ0n) is 22.2. The zero-order chi connectivity index (χ0) is 27.2. The molecule has 1 N–H and O–H groups in total. The maximum absolute atomic E-state index is 13.3. The van der Waals surface area contributed by atoms with Gasteiger partial charge in [-0.1, -0.05) is 54.1 Å². The average Bonchev–Trinajstić information content (AvgIpc) is 3.18. The van der Waals surface area contributed by atoms with E-state index in [4.69, 9.17) is 14.2 Å². The van der Waals surface area contributed by atoms with Crippen molar-refractivity contribution in [2.75, 3.05) is 27.4 Å². The van der Waals surface area contributed by atoms with Crippen LogP contribution in [0.2, 0.25) is 0 Å². The summed E-state index contributed by atoms with van der Waals surface area (Å²) in [6.07, 6.45) is 0.541. The Morgan fingerprint density at radius 1 is 0.947 bits per heavy atom. The Hall–Kier alpha value is -4.10. The molecule has 7 nitrogen and oxygen atoms in total. The van der Waals surface area contributed by atoms with Gasteiger partial charge >= 0.3 is 0 Å². The molecule has 1 fully saturated rings. The Morgan fingerprint density at radius 3 is 2.42 bits per heavy atom. The van der Waals surface area contributed by atoms with E-state index in [-0.39, 0.29) is 11.3 Å². The lowest BCUT2D eigenvalue weighted by atomic mass is 9.93. The van der Waals surface area contributed by atoms with Crippen molar-refractivity contribution < 1.29 is 28.9 Å². The minimum atomic E-state index is -0.788. The SMILES string of the molecule is COCCCN1C(=O)C(=O)C(=C(O)c2cc(C)ccc2C)C1c1ccc(OCc2ccccc2)c(OC)c1. The first-order chi connectivity index (χ1) is 18.3. The summed E-state index contributed by atoms with van der Waals surface area (Å²) in [5.74, 6) is -0.554. The quantitative estimate of drug-likeness (QED) is 0.170. The predicted molar refractivity (Wildman–Crippen MR) is 145 cm³/mol. The molecule has 0 bridgehead atoms. The summed E-state index contributed by atoms with van der Waals surface area (Å²) in [4.78, 5) is 28.0. The normalized spacial score (nSPS) is 16.6. The predicted octanol–water partition coefficient (Wildman–Crippen LogP) is 5.35. The third-order valence-electron chi connectivity index (χ3n) is 6.68. The molecule has 0 saturated carbocycles. The summed E-state index contributed by atoms with van der Waals surface area (Å²) in [7, 11) is 3.13. The zero-order valence-corrected chi connectivity index (χ0v) is 22.2. The molecular weight excluding hydrogens is 482 g/mol. The first kappa shape index (κ1) is 26.9. The van der Waals surface area contributed by atoms with Crippen LogP contribution in [-0.4, -0.2) is 49.1 Å². The van der Waals surface area contributed by atoms with E-state index in [9.17, 15) is 14.7 Å².